The lowest BCUT2D eigenvalue weighted by atomic mass is 9.95. The molecule has 1 rings (SSSR count). The van der Waals surface area contributed by atoms with Gasteiger partial charge in [0, 0.05) is 34.1 Å². The predicted molar refractivity (Wildman–Crippen MR) is 146 cm³/mol. The second kappa shape index (κ2) is 20.2. The van der Waals surface area contributed by atoms with Crippen LogP contribution in [0.4, 0.5) is 0 Å². The maximum absolute atomic E-state index is 12.9. The number of carbonyl (C=O) groups is 5. The summed E-state index contributed by atoms with van der Waals surface area (Å²) in [6, 6.07) is -1.16. The van der Waals surface area contributed by atoms with Crippen LogP contribution in [0, 0.1) is 0 Å². The topological polar surface area (TPSA) is 144 Å². The molecule has 40 heavy (non-hydrogen) atoms. The number of unbranched alkanes of at least 4 members (excludes halogenated alkanes) is 11. The lowest BCUT2D eigenvalue weighted by Crippen LogP contribution is -2.67. The van der Waals surface area contributed by atoms with E-state index in [9.17, 15) is 24.0 Å². The highest BCUT2D eigenvalue weighted by atomic mass is 16.7. The van der Waals surface area contributed by atoms with Crippen molar-refractivity contribution < 1.29 is 47.7 Å². The van der Waals surface area contributed by atoms with Crippen LogP contribution in [0.2, 0.25) is 0 Å². The van der Waals surface area contributed by atoms with Gasteiger partial charge in [-0.1, -0.05) is 77.6 Å². The minimum Gasteiger partial charge on any atom is -0.463 e. The number of hydrogen-bond donors (Lipinski definition) is 1. The molecule has 1 N–H and O–H groups in total. The highest BCUT2D eigenvalue weighted by molar-refractivity contribution is 5.76. The molecule has 0 unspecified atom stereocenters. The molecule has 0 saturated carbocycles. The first kappa shape index (κ1) is 35.3. The summed E-state index contributed by atoms with van der Waals surface area (Å²) < 4.78 is 26.9. The van der Waals surface area contributed by atoms with E-state index in [2.05, 4.69) is 12.2 Å². The fourth-order valence-corrected chi connectivity index (χ4v) is 4.70. The first-order valence-corrected chi connectivity index (χ1v) is 14.6. The van der Waals surface area contributed by atoms with E-state index in [4.69, 9.17) is 23.7 Å². The molecule has 230 valence electrons. The summed E-state index contributed by atoms with van der Waals surface area (Å²) in [6.07, 6.45) is 9.19. The van der Waals surface area contributed by atoms with Crippen molar-refractivity contribution in [2.75, 3.05) is 6.61 Å². The van der Waals surface area contributed by atoms with E-state index in [1.807, 2.05) is 0 Å². The Balaban J connectivity index is 2.72. The first-order valence-electron chi connectivity index (χ1n) is 14.6. The fourth-order valence-electron chi connectivity index (χ4n) is 4.70. The van der Waals surface area contributed by atoms with Gasteiger partial charge in [-0.05, 0) is 6.42 Å². The van der Waals surface area contributed by atoms with Gasteiger partial charge in [0.05, 0.1) is 0 Å². The van der Waals surface area contributed by atoms with Crippen molar-refractivity contribution in [2.45, 2.75) is 149 Å². The average molecular weight is 572 g/mol. The molecule has 5 atom stereocenters. The van der Waals surface area contributed by atoms with E-state index < -0.39 is 54.5 Å². The summed E-state index contributed by atoms with van der Waals surface area (Å²) >= 11 is 0. The van der Waals surface area contributed by atoms with Gasteiger partial charge in [0.15, 0.2) is 12.2 Å². The Kier molecular flexibility index (Phi) is 17.9. The Morgan fingerprint density at radius 1 is 0.625 bits per heavy atom. The van der Waals surface area contributed by atoms with Gasteiger partial charge in [0.1, 0.15) is 18.8 Å². The highest BCUT2D eigenvalue weighted by Gasteiger charge is 2.52. The van der Waals surface area contributed by atoms with E-state index in [1.165, 1.54) is 58.3 Å². The number of ether oxygens (including phenoxy) is 5. The number of rotatable bonds is 19. The molecule has 0 aliphatic carbocycles. The molecule has 11 heteroatoms. The fraction of sp³-hybridized carbons (Fsp3) is 0.828. The van der Waals surface area contributed by atoms with Gasteiger partial charge in [-0.3, -0.25) is 24.0 Å². The monoisotopic (exact) mass is 571 g/mol. The maximum atomic E-state index is 12.9. The lowest BCUT2D eigenvalue weighted by Gasteiger charge is -2.44. The van der Waals surface area contributed by atoms with Crippen molar-refractivity contribution in [3.05, 3.63) is 0 Å². The maximum Gasteiger partial charge on any atom is 0.305 e. The van der Waals surface area contributed by atoms with Gasteiger partial charge in [-0.25, -0.2) is 0 Å². The van der Waals surface area contributed by atoms with Crippen LogP contribution in [-0.2, 0) is 47.7 Å². The van der Waals surface area contributed by atoms with Gasteiger partial charge in [-0.2, -0.15) is 0 Å². The van der Waals surface area contributed by atoms with E-state index in [0.717, 1.165) is 40.0 Å². The van der Waals surface area contributed by atoms with E-state index in [1.54, 1.807) is 0 Å². The molecule has 0 aromatic carbocycles. The predicted octanol–water partition coefficient (Wildman–Crippen LogP) is 4.28. The van der Waals surface area contributed by atoms with Crippen LogP contribution in [0.15, 0.2) is 0 Å². The van der Waals surface area contributed by atoms with Crippen LogP contribution in [0.25, 0.3) is 0 Å². The van der Waals surface area contributed by atoms with Crippen molar-refractivity contribution in [2.24, 2.45) is 0 Å². The average Bonchev–Trinajstić information content (AvgIpc) is 2.86. The van der Waals surface area contributed by atoms with Crippen molar-refractivity contribution in [3.63, 3.8) is 0 Å². The van der Waals surface area contributed by atoms with E-state index in [0.29, 0.717) is 6.42 Å². The summed E-state index contributed by atoms with van der Waals surface area (Å²) in [5.41, 5.74) is 0. The van der Waals surface area contributed by atoms with Crippen molar-refractivity contribution in [3.8, 4) is 0 Å². The SMILES string of the molecule is CCCCCCCCCCCCCCC(=O)N[C@@H]1[C@H](OC(C)=O)O[C@H](COC(C)=O)[C@H](OC(C)=O)[C@H]1OC(C)=O. The van der Waals surface area contributed by atoms with Crippen LogP contribution in [0.1, 0.15) is 118 Å². The van der Waals surface area contributed by atoms with Crippen LogP contribution in [0.3, 0.4) is 0 Å². The van der Waals surface area contributed by atoms with Crippen molar-refractivity contribution >= 4 is 29.8 Å². The highest BCUT2D eigenvalue weighted by Crippen LogP contribution is 2.28. The zero-order valence-corrected chi connectivity index (χ0v) is 24.9. The minimum absolute atomic E-state index is 0.211. The summed E-state index contributed by atoms with van der Waals surface area (Å²) in [5.74, 6) is -3.09. The number of carbonyl (C=O) groups excluding carboxylic acids is 5. The summed E-state index contributed by atoms with van der Waals surface area (Å²) in [6.45, 7) is 6.53. The normalized spacial score (nSPS) is 22.2. The number of nitrogens with one attached hydrogen (secondary N) is 1. The van der Waals surface area contributed by atoms with Crippen LogP contribution in [-0.4, -0.2) is 67.0 Å². The summed E-state index contributed by atoms with van der Waals surface area (Å²) in [7, 11) is 0. The molecule has 1 amide bonds. The molecule has 1 aliphatic heterocycles. The Labute approximate surface area is 238 Å². The summed E-state index contributed by atoms with van der Waals surface area (Å²) in [4.78, 5) is 59.9. The first-order chi connectivity index (χ1) is 19.0. The van der Waals surface area contributed by atoms with Crippen molar-refractivity contribution in [1.82, 2.24) is 5.32 Å². The Hall–Kier alpha value is -2.69. The zero-order valence-electron chi connectivity index (χ0n) is 24.9. The third-order valence-electron chi connectivity index (χ3n) is 6.57. The van der Waals surface area contributed by atoms with Crippen LogP contribution < -0.4 is 5.32 Å². The molecule has 0 bridgehead atoms. The molecular weight excluding hydrogens is 522 g/mol. The molecule has 0 aromatic heterocycles. The summed E-state index contributed by atoms with van der Waals surface area (Å²) in [5, 5.41) is 2.74. The lowest BCUT2D eigenvalue weighted by molar-refractivity contribution is -0.271. The third kappa shape index (κ3) is 15.2. The van der Waals surface area contributed by atoms with Gasteiger partial charge in [0.2, 0.25) is 12.2 Å². The molecule has 1 fully saturated rings. The van der Waals surface area contributed by atoms with Crippen LogP contribution in [0.5, 0.6) is 0 Å². The molecule has 1 saturated heterocycles. The molecule has 0 aromatic rings. The molecule has 1 aliphatic rings. The zero-order chi connectivity index (χ0) is 29.9. The second-order valence-corrected chi connectivity index (χ2v) is 10.3. The van der Waals surface area contributed by atoms with Gasteiger partial charge >= 0.3 is 23.9 Å². The Bertz CT molecular complexity index is 802. The number of amides is 1. The molecule has 0 radical (unpaired) electrons. The Morgan fingerprint density at radius 2 is 1.10 bits per heavy atom. The number of hydrogen-bond acceptors (Lipinski definition) is 10. The van der Waals surface area contributed by atoms with E-state index >= 15 is 0 Å². The number of esters is 4. The molecule has 11 nitrogen and oxygen atoms in total. The van der Waals surface area contributed by atoms with E-state index in [-0.39, 0.29) is 18.9 Å². The van der Waals surface area contributed by atoms with Gasteiger partial charge in [-0.15, -0.1) is 0 Å². The largest absolute Gasteiger partial charge is 0.463 e. The standard InChI is InChI=1S/C29H49NO10/c1-6-7-8-9-10-11-12-13-14-15-16-17-18-25(35)30-26-28(38-22(4)33)27(37-21(3)32)24(19-36-20(2)31)40-29(26)39-23(5)34/h24,26-29H,6-19H2,1-5H3,(H,30,35)/t24-,26+,27+,28+,29-/m1/s1. The third-order valence-corrected chi connectivity index (χ3v) is 6.57. The van der Waals surface area contributed by atoms with Crippen molar-refractivity contribution in [1.29, 1.82) is 0 Å². The smallest absolute Gasteiger partial charge is 0.305 e. The van der Waals surface area contributed by atoms with Crippen LogP contribution >= 0.6 is 0 Å². The second-order valence-electron chi connectivity index (χ2n) is 10.3. The minimum atomic E-state index is -1.37. The van der Waals surface area contributed by atoms with Gasteiger partial charge < -0.3 is 29.0 Å². The molecule has 0 spiro atoms. The quantitative estimate of drug-likeness (QED) is 0.136. The molecular formula is C29H49NO10. The Morgan fingerprint density at radius 3 is 1.57 bits per heavy atom. The molecule has 1 heterocycles. The van der Waals surface area contributed by atoms with Gasteiger partial charge in [0.25, 0.3) is 0 Å².